The summed E-state index contributed by atoms with van der Waals surface area (Å²) in [5.41, 5.74) is 3.32. The molecule has 4 fully saturated rings. The standard InChI is InChI=1S/C21H31BO2/c1-15-10-8-9-11-16(15)20-12-21(13-20,14-20)17(2,3)22-23-18(4,5)19(6,7)24-22/h8-11H,12-14H2,1-7H3. The molecular weight excluding hydrogens is 295 g/mol. The van der Waals surface area contributed by atoms with Gasteiger partial charge in [0.2, 0.25) is 0 Å². The average molecular weight is 326 g/mol. The van der Waals surface area contributed by atoms with Gasteiger partial charge >= 0.3 is 7.12 Å². The SMILES string of the molecule is Cc1ccccc1C12CC(C(C)(C)B3OC(C)(C)C(C)(C)O3)(C1)C2. The quantitative estimate of drug-likeness (QED) is 0.703. The molecule has 1 aromatic rings. The maximum Gasteiger partial charge on any atom is 0.464 e. The van der Waals surface area contributed by atoms with Crippen molar-refractivity contribution >= 4 is 7.12 Å². The molecule has 2 bridgehead atoms. The molecule has 3 saturated carbocycles. The van der Waals surface area contributed by atoms with E-state index in [0.717, 1.165) is 0 Å². The van der Waals surface area contributed by atoms with Crippen LogP contribution in [0.4, 0.5) is 0 Å². The second kappa shape index (κ2) is 4.48. The number of rotatable bonds is 3. The first-order chi connectivity index (χ1) is 10.9. The molecule has 24 heavy (non-hydrogen) atoms. The van der Waals surface area contributed by atoms with Crippen molar-refractivity contribution in [2.24, 2.45) is 5.41 Å². The first-order valence-electron chi connectivity index (χ1n) is 9.37. The Balaban J connectivity index is 1.55. The third kappa shape index (κ3) is 1.86. The zero-order chi connectivity index (χ0) is 17.6. The molecule has 0 spiro atoms. The molecule has 0 N–H and O–H groups in total. The molecule has 0 unspecified atom stereocenters. The molecule has 0 radical (unpaired) electrons. The van der Waals surface area contributed by atoms with Gasteiger partial charge in [-0.15, -0.1) is 0 Å². The zero-order valence-corrected chi connectivity index (χ0v) is 16.3. The Labute approximate surface area is 147 Å². The molecule has 3 heteroatoms. The molecule has 1 aliphatic heterocycles. The van der Waals surface area contributed by atoms with E-state index in [9.17, 15) is 0 Å². The van der Waals surface area contributed by atoms with Crippen molar-refractivity contribution in [3.63, 3.8) is 0 Å². The van der Waals surface area contributed by atoms with E-state index in [1.165, 1.54) is 24.8 Å². The molecule has 2 nitrogen and oxygen atoms in total. The molecule has 4 aliphatic rings. The van der Waals surface area contributed by atoms with Crippen LogP contribution < -0.4 is 0 Å². The van der Waals surface area contributed by atoms with E-state index in [1.54, 1.807) is 5.56 Å². The molecule has 130 valence electrons. The summed E-state index contributed by atoms with van der Waals surface area (Å²) < 4.78 is 12.8. The van der Waals surface area contributed by atoms with Gasteiger partial charge in [0.25, 0.3) is 0 Å². The van der Waals surface area contributed by atoms with Crippen LogP contribution >= 0.6 is 0 Å². The Morgan fingerprint density at radius 2 is 1.42 bits per heavy atom. The van der Waals surface area contributed by atoms with Gasteiger partial charge in [-0.05, 0) is 75.8 Å². The lowest BCUT2D eigenvalue weighted by atomic mass is 9.23. The fourth-order valence-electron chi connectivity index (χ4n) is 5.31. The van der Waals surface area contributed by atoms with Crippen molar-refractivity contribution in [2.45, 2.75) is 89.7 Å². The first kappa shape index (κ1) is 16.7. The van der Waals surface area contributed by atoms with Crippen molar-refractivity contribution < 1.29 is 9.31 Å². The summed E-state index contributed by atoms with van der Waals surface area (Å²) >= 11 is 0. The van der Waals surface area contributed by atoms with E-state index in [-0.39, 0.29) is 23.6 Å². The summed E-state index contributed by atoms with van der Waals surface area (Å²) in [6.07, 6.45) is 3.84. The fraction of sp³-hybridized carbons (Fsp3) is 0.714. The number of hydrogen-bond acceptors (Lipinski definition) is 2. The highest BCUT2D eigenvalue weighted by Crippen LogP contribution is 2.82. The van der Waals surface area contributed by atoms with Crippen molar-refractivity contribution in [3.8, 4) is 0 Å². The largest absolute Gasteiger partial charge is 0.464 e. The lowest BCUT2D eigenvalue weighted by Crippen LogP contribution is -2.70. The Kier molecular flexibility index (Phi) is 3.11. The fourth-order valence-corrected chi connectivity index (χ4v) is 5.31. The second-order valence-corrected chi connectivity index (χ2v) is 10.2. The van der Waals surface area contributed by atoms with Crippen molar-refractivity contribution in [1.82, 2.24) is 0 Å². The maximum atomic E-state index is 6.42. The summed E-state index contributed by atoms with van der Waals surface area (Å²) in [4.78, 5) is 0. The molecular formula is C21H31BO2. The Bertz CT molecular complexity index is 653. The number of aryl methyl sites for hydroxylation is 1. The third-order valence-electron chi connectivity index (χ3n) is 7.96. The zero-order valence-electron chi connectivity index (χ0n) is 16.3. The summed E-state index contributed by atoms with van der Waals surface area (Å²) in [5, 5.41) is 0.0441. The molecule has 5 rings (SSSR count). The average Bonchev–Trinajstić information content (AvgIpc) is 2.58. The van der Waals surface area contributed by atoms with Crippen LogP contribution in [0.25, 0.3) is 0 Å². The van der Waals surface area contributed by atoms with Crippen molar-refractivity contribution in [3.05, 3.63) is 35.4 Å². The van der Waals surface area contributed by atoms with Gasteiger partial charge in [-0.3, -0.25) is 0 Å². The van der Waals surface area contributed by atoms with Crippen LogP contribution in [0.1, 0.15) is 71.9 Å². The van der Waals surface area contributed by atoms with Gasteiger partial charge in [0.05, 0.1) is 11.2 Å². The van der Waals surface area contributed by atoms with Crippen molar-refractivity contribution in [1.29, 1.82) is 0 Å². The molecule has 1 aromatic carbocycles. The Hall–Kier alpha value is -0.795. The number of hydrogen-bond donors (Lipinski definition) is 0. The second-order valence-electron chi connectivity index (χ2n) is 10.2. The Morgan fingerprint density at radius 1 is 0.917 bits per heavy atom. The van der Waals surface area contributed by atoms with Gasteiger partial charge in [-0.1, -0.05) is 38.1 Å². The summed E-state index contributed by atoms with van der Waals surface area (Å²) in [5.74, 6) is 0. The highest BCUT2D eigenvalue weighted by molar-refractivity contribution is 6.50. The summed E-state index contributed by atoms with van der Waals surface area (Å²) in [6, 6.07) is 8.92. The number of benzene rings is 1. The Morgan fingerprint density at radius 3 is 1.92 bits per heavy atom. The van der Waals surface area contributed by atoms with E-state index >= 15 is 0 Å². The van der Waals surface area contributed by atoms with Crippen LogP contribution in [-0.4, -0.2) is 18.3 Å². The van der Waals surface area contributed by atoms with E-state index in [1.807, 2.05) is 0 Å². The van der Waals surface area contributed by atoms with Crippen LogP contribution in [0, 0.1) is 12.3 Å². The van der Waals surface area contributed by atoms with Crippen LogP contribution in [-0.2, 0) is 14.7 Å². The maximum absolute atomic E-state index is 6.42. The topological polar surface area (TPSA) is 18.5 Å². The van der Waals surface area contributed by atoms with E-state index in [2.05, 4.69) is 72.7 Å². The smallest absolute Gasteiger partial charge is 0.403 e. The molecule has 0 atom stereocenters. The third-order valence-corrected chi connectivity index (χ3v) is 7.96. The minimum absolute atomic E-state index is 0.0441. The van der Waals surface area contributed by atoms with Crippen LogP contribution in [0.5, 0.6) is 0 Å². The molecule has 1 saturated heterocycles. The first-order valence-corrected chi connectivity index (χ1v) is 9.37. The molecule has 0 aromatic heterocycles. The highest BCUT2D eigenvalue weighted by atomic mass is 16.7. The van der Waals surface area contributed by atoms with E-state index < -0.39 is 0 Å². The summed E-state index contributed by atoms with van der Waals surface area (Å²) in [7, 11) is -0.113. The molecule has 0 amide bonds. The molecule has 1 heterocycles. The lowest BCUT2D eigenvalue weighted by Gasteiger charge is -2.76. The minimum atomic E-state index is -0.244. The normalized spacial score (nSPS) is 36.2. The monoisotopic (exact) mass is 326 g/mol. The van der Waals surface area contributed by atoms with Crippen LogP contribution in [0.3, 0.4) is 0 Å². The molecule has 3 aliphatic carbocycles. The minimum Gasteiger partial charge on any atom is -0.403 e. The lowest BCUT2D eigenvalue weighted by molar-refractivity contribution is -0.173. The van der Waals surface area contributed by atoms with Gasteiger partial charge in [0.1, 0.15) is 0 Å². The van der Waals surface area contributed by atoms with Gasteiger partial charge < -0.3 is 9.31 Å². The predicted octanol–water partition coefficient (Wildman–Crippen LogP) is 5.29. The van der Waals surface area contributed by atoms with Crippen LogP contribution in [0.2, 0.25) is 5.31 Å². The van der Waals surface area contributed by atoms with E-state index in [0.29, 0.717) is 10.8 Å². The van der Waals surface area contributed by atoms with Gasteiger partial charge in [-0.25, -0.2) is 0 Å². The highest BCUT2D eigenvalue weighted by Gasteiger charge is 2.77. The summed E-state index contributed by atoms with van der Waals surface area (Å²) in [6.45, 7) is 15.6. The van der Waals surface area contributed by atoms with Gasteiger partial charge in [-0.2, -0.15) is 0 Å². The van der Waals surface area contributed by atoms with Crippen molar-refractivity contribution in [2.75, 3.05) is 0 Å². The van der Waals surface area contributed by atoms with Crippen LogP contribution in [0.15, 0.2) is 24.3 Å². The van der Waals surface area contributed by atoms with Gasteiger partial charge in [0.15, 0.2) is 0 Å². The predicted molar refractivity (Wildman–Crippen MR) is 99.3 cm³/mol. The van der Waals surface area contributed by atoms with Gasteiger partial charge in [0, 0.05) is 5.31 Å². The van der Waals surface area contributed by atoms with E-state index in [4.69, 9.17) is 9.31 Å².